The van der Waals surface area contributed by atoms with Crippen LogP contribution in [0, 0.1) is 6.92 Å². The smallest absolute Gasteiger partial charge is 0.106 e. The second-order valence-corrected chi connectivity index (χ2v) is 4.88. The molecule has 2 rings (SSSR count). The van der Waals surface area contributed by atoms with Crippen molar-refractivity contribution in [3.63, 3.8) is 0 Å². The Kier molecular flexibility index (Phi) is 4.15. The topological polar surface area (TPSA) is 21.6 Å². The van der Waals surface area contributed by atoms with E-state index in [1.807, 2.05) is 12.1 Å². The third kappa shape index (κ3) is 2.79. The van der Waals surface area contributed by atoms with Crippen LogP contribution >= 0.6 is 15.9 Å². The van der Waals surface area contributed by atoms with Gasteiger partial charge in [0.15, 0.2) is 0 Å². The number of halogens is 1. The lowest BCUT2D eigenvalue weighted by Crippen LogP contribution is -1.92. The third-order valence-electron chi connectivity index (χ3n) is 2.77. The van der Waals surface area contributed by atoms with Gasteiger partial charge in [-0.1, -0.05) is 51.4 Å². The summed E-state index contributed by atoms with van der Waals surface area (Å²) in [6.45, 7) is 2.07. The van der Waals surface area contributed by atoms with Crippen molar-refractivity contribution < 1.29 is 4.84 Å². The molecule has 0 saturated heterocycles. The first-order valence-corrected chi connectivity index (χ1v) is 6.44. The minimum absolute atomic E-state index is 1.08. The second-order valence-electron chi connectivity index (χ2n) is 3.96. The molecule has 0 saturated carbocycles. The van der Waals surface area contributed by atoms with E-state index in [1.165, 1.54) is 11.1 Å². The van der Waals surface area contributed by atoms with Gasteiger partial charge in [-0.3, -0.25) is 0 Å². The molecule has 0 radical (unpaired) electrons. The lowest BCUT2D eigenvalue weighted by molar-refractivity contribution is 0.215. The van der Waals surface area contributed by atoms with E-state index in [0.717, 1.165) is 15.6 Å². The van der Waals surface area contributed by atoms with E-state index in [-0.39, 0.29) is 0 Å². The largest absolute Gasteiger partial charge is 0.399 e. The Morgan fingerprint density at radius 1 is 1.11 bits per heavy atom. The molecule has 2 nitrogen and oxygen atoms in total. The zero-order valence-electron chi connectivity index (χ0n) is 10.4. The highest BCUT2D eigenvalue weighted by Crippen LogP contribution is 2.26. The van der Waals surface area contributed by atoms with Crippen molar-refractivity contribution >= 4 is 22.1 Å². The molecule has 18 heavy (non-hydrogen) atoms. The molecule has 0 aliphatic carbocycles. The molecule has 2 aromatic rings. The van der Waals surface area contributed by atoms with Crippen molar-refractivity contribution in [1.82, 2.24) is 0 Å². The molecular weight excluding hydrogens is 290 g/mol. The third-order valence-corrected chi connectivity index (χ3v) is 3.30. The molecule has 0 amide bonds. The van der Waals surface area contributed by atoms with Gasteiger partial charge in [-0.2, -0.15) is 0 Å². The Hall–Kier alpha value is -1.61. The van der Waals surface area contributed by atoms with E-state index in [9.17, 15) is 0 Å². The molecule has 3 heteroatoms. The summed E-state index contributed by atoms with van der Waals surface area (Å²) in [5, 5.41) is 3.87. The average Bonchev–Trinajstić information content (AvgIpc) is 2.38. The number of oxime groups is 1. The van der Waals surface area contributed by atoms with Crippen molar-refractivity contribution in [2.24, 2.45) is 5.16 Å². The van der Waals surface area contributed by atoms with E-state index >= 15 is 0 Å². The zero-order chi connectivity index (χ0) is 13.0. The Morgan fingerprint density at radius 2 is 1.83 bits per heavy atom. The summed E-state index contributed by atoms with van der Waals surface area (Å²) in [5.74, 6) is 0. The minimum Gasteiger partial charge on any atom is -0.399 e. The summed E-state index contributed by atoms with van der Waals surface area (Å²) in [7, 11) is 1.55. The van der Waals surface area contributed by atoms with Crippen molar-refractivity contribution in [2.75, 3.05) is 7.11 Å². The molecule has 0 spiro atoms. The van der Waals surface area contributed by atoms with Gasteiger partial charge < -0.3 is 4.84 Å². The summed E-state index contributed by atoms with van der Waals surface area (Å²) in [4.78, 5) is 4.77. The van der Waals surface area contributed by atoms with Crippen LogP contribution in [-0.4, -0.2) is 13.3 Å². The van der Waals surface area contributed by atoms with Gasteiger partial charge in [-0.15, -0.1) is 0 Å². The van der Waals surface area contributed by atoms with Crippen LogP contribution in [0.3, 0.4) is 0 Å². The molecule has 0 heterocycles. The van der Waals surface area contributed by atoms with Crippen LogP contribution < -0.4 is 0 Å². The highest BCUT2D eigenvalue weighted by molar-refractivity contribution is 9.10. The number of benzene rings is 2. The van der Waals surface area contributed by atoms with Gasteiger partial charge in [0.25, 0.3) is 0 Å². The van der Waals surface area contributed by atoms with Crippen molar-refractivity contribution in [2.45, 2.75) is 6.92 Å². The maximum absolute atomic E-state index is 4.77. The zero-order valence-corrected chi connectivity index (χ0v) is 11.9. The lowest BCUT2D eigenvalue weighted by atomic mass is 9.97. The summed E-state index contributed by atoms with van der Waals surface area (Å²) in [6.07, 6.45) is 1.76. The first-order valence-electron chi connectivity index (χ1n) is 5.64. The quantitative estimate of drug-likeness (QED) is 0.608. The van der Waals surface area contributed by atoms with E-state index in [4.69, 9.17) is 4.84 Å². The molecule has 92 valence electrons. The maximum atomic E-state index is 4.77. The molecule has 0 unspecified atom stereocenters. The summed E-state index contributed by atoms with van der Waals surface area (Å²) < 4.78 is 1.08. The van der Waals surface area contributed by atoms with Crippen LogP contribution in [0.2, 0.25) is 0 Å². The average molecular weight is 304 g/mol. The monoisotopic (exact) mass is 303 g/mol. The highest BCUT2D eigenvalue weighted by Gasteiger charge is 2.05. The van der Waals surface area contributed by atoms with Crippen molar-refractivity contribution in [1.29, 1.82) is 0 Å². The molecule has 0 aliphatic heterocycles. The summed E-state index contributed by atoms with van der Waals surface area (Å²) >= 11 is 3.45. The van der Waals surface area contributed by atoms with Crippen LogP contribution in [0.15, 0.2) is 52.1 Å². The fraction of sp³-hybridized carbons (Fsp3) is 0.133. The highest BCUT2D eigenvalue weighted by atomic mass is 79.9. The Labute approximate surface area is 115 Å². The van der Waals surface area contributed by atoms with Crippen LogP contribution in [0.5, 0.6) is 0 Å². The number of hydrogen-bond donors (Lipinski definition) is 0. The van der Waals surface area contributed by atoms with Crippen LogP contribution in [-0.2, 0) is 4.84 Å². The Morgan fingerprint density at radius 3 is 2.50 bits per heavy atom. The van der Waals surface area contributed by atoms with E-state index < -0.39 is 0 Å². The van der Waals surface area contributed by atoms with Crippen molar-refractivity contribution in [3.8, 4) is 11.1 Å². The van der Waals surface area contributed by atoms with E-state index in [1.54, 1.807) is 13.3 Å². The molecular formula is C15H14BrNO. The Balaban J connectivity index is 2.53. The summed E-state index contributed by atoms with van der Waals surface area (Å²) in [5.41, 5.74) is 4.58. The van der Waals surface area contributed by atoms with Gasteiger partial charge >= 0.3 is 0 Å². The molecule has 2 aromatic carbocycles. The molecule has 0 N–H and O–H groups in total. The number of aryl methyl sites for hydroxylation is 1. The van der Waals surface area contributed by atoms with Gasteiger partial charge in [0.1, 0.15) is 7.11 Å². The number of hydrogen-bond acceptors (Lipinski definition) is 2. The van der Waals surface area contributed by atoms with Gasteiger partial charge in [-0.05, 0) is 35.7 Å². The molecule has 0 atom stereocenters. The number of rotatable bonds is 3. The van der Waals surface area contributed by atoms with Gasteiger partial charge in [-0.25, -0.2) is 0 Å². The number of nitrogens with zero attached hydrogens (tertiary/aromatic N) is 1. The first-order chi connectivity index (χ1) is 8.72. The fourth-order valence-corrected chi connectivity index (χ4v) is 2.10. The van der Waals surface area contributed by atoms with Crippen LogP contribution in [0.1, 0.15) is 11.1 Å². The fourth-order valence-electron chi connectivity index (χ4n) is 1.84. The first kappa shape index (κ1) is 12.8. The predicted octanol–water partition coefficient (Wildman–Crippen LogP) is 4.40. The van der Waals surface area contributed by atoms with Gasteiger partial charge in [0.05, 0.1) is 6.21 Å². The normalized spacial score (nSPS) is 10.8. The van der Waals surface area contributed by atoms with E-state index in [2.05, 4.69) is 58.3 Å². The van der Waals surface area contributed by atoms with Gasteiger partial charge in [0, 0.05) is 10.0 Å². The lowest BCUT2D eigenvalue weighted by Gasteiger charge is -2.09. The van der Waals surface area contributed by atoms with Crippen LogP contribution in [0.25, 0.3) is 11.1 Å². The maximum Gasteiger partial charge on any atom is 0.106 e. The molecule has 0 bridgehead atoms. The van der Waals surface area contributed by atoms with Crippen LogP contribution in [0.4, 0.5) is 0 Å². The van der Waals surface area contributed by atoms with Gasteiger partial charge in [0.2, 0.25) is 0 Å². The standard InChI is InChI=1S/C15H14BrNO/c1-11-4-3-5-14(15(11)10-17-18-2)12-6-8-13(16)9-7-12/h3-10H,1-2H3/b17-10+. The van der Waals surface area contributed by atoms with E-state index in [0.29, 0.717) is 0 Å². The predicted molar refractivity (Wildman–Crippen MR) is 78.9 cm³/mol. The molecule has 0 fully saturated rings. The minimum atomic E-state index is 1.08. The summed E-state index contributed by atoms with van der Waals surface area (Å²) in [6, 6.07) is 14.5. The molecule has 0 aliphatic rings. The molecule has 0 aromatic heterocycles. The van der Waals surface area contributed by atoms with Crippen molar-refractivity contribution in [3.05, 3.63) is 58.1 Å². The second kappa shape index (κ2) is 5.83. The Bertz CT molecular complexity index is 561. The SMILES string of the molecule is CO/N=C/c1c(C)cccc1-c1ccc(Br)cc1.